The SMILES string of the molecule is COc1ccc(S(=O)(=O)NCC(c2cccnc2)S(=O)(=O)c2ccc(C)cc2)c(OC)c1. The van der Waals surface area contributed by atoms with Crippen molar-refractivity contribution in [1.29, 1.82) is 0 Å². The molecule has 1 N–H and O–H groups in total. The van der Waals surface area contributed by atoms with Gasteiger partial charge in [-0.3, -0.25) is 4.98 Å². The summed E-state index contributed by atoms with van der Waals surface area (Å²) in [5.74, 6) is 0.507. The Morgan fingerprint density at radius 1 is 0.969 bits per heavy atom. The molecule has 0 bridgehead atoms. The molecule has 0 aliphatic heterocycles. The fraction of sp³-hybridized carbons (Fsp3) is 0.227. The highest BCUT2D eigenvalue weighted by Gasteiger charge is 2.31. The highest BCUT2D eigenvalue weighted by Crippen LogP contribution is 2.31. The van der Waals surface area contributed by atoms with Gasteiger partial charge in [0.1, 0.15) is 21.6 Å². The number of hydrogen-bond acceptors (Lipinski definition) is 7. The fourth-order valence-electron chi connectivity index (χ4n) is 3.13. The first-order chi connectivity index (χ1) is 15.2. The van der Waals surface area contributed by atoms with E-state index in [-0.39, 0.29) is 22.1 Å². The summed E-state index contributed by atoms with van der Waals surface area (Å²) in [6.45, 7) is 1.46. The number of sulfone groups is 1. The molecule has 0 saturated heterocycles. The maximum atomic E-state index is 13.4. The number of aryl methyl sites for hydroxylation is 1. The molecule has 1 atom stereocenters. The lowest BCUT2D eigenvalue weighted by Crippen LogP contribution is -2.32. The van der Waals surface area contributed by atoms with Gasteiger partial charge >= 0.3 is 0 Å². The largest absolute Gasteiger partial charge is 0.497 e. The molecule has 3 aromatic rings. The van der Waals surface area contributed by atoms with Crippen LogP contribution in [0.5, 0.6) is 11.5 Å². The second-order valence-electron chi connectivity index (χ2n) is 7.00. The third-order valence-electron chi connectivity index (χ3n) is 4.90. The molecule has 0 amide bonds. The molecule has 0 spiro atoms. The van der Waals surface area contributed by atoms with Crippen molar-refractivity contribution in [1.82, 2.24) is 9.71 Å². The minimum Gasteiger partial charge on any atom is -0.497 e. The number of methoxy groups -OCH3 is 2. The molecular weight excluding hydrogens is 452 g/mol. The Balaban J connectivity index is 1.97. The Kier molecular flexibility index (Phi) is 7.17. The van der Waals surface area contributed by atoms with Gasteiger partial charge in [-0.25, -0.2) is 21.6 Å². The van der Waals surface area contributed by atoms with Gasteiger partial charge in [-0.2, -0.15) is 0 Å². The number of aromatic nitrogens is 1. The lowest BCUT2D eigenvalue weighted by atomic mass is 10.2. The van der Waals surface area contributed by atoms with Gasteiger partial charge in [0, 0.05) is 25.0 Å². The lowest BCUT2D eigenvalue weighted by Gasteiger charge is -2.19. The summed E-state index contributed by atoms with van der Waals surface area (Å²) < 4.78 is 65.5. The molecule has 0 aliphatic carbocycles. The van der Waals surface area contributed by atoms with Crippen molar-refractivity contribution >= 4 is 19.9 Å². The third kappa shape index (κ3) is 5.09. The number of benzene rings is 2. The number of pyridine rings is 1. The zero-order chi connectivity index (χ0) is 23.4. The molecule has 0 saturated carbocycles. The van der Waals surface area contributed by atoms with E-state index in [1.807, 2.05) is 6.92 Å². The third-order valence-corrected chi connectivity index (χ3v) is 8.48. The number of nitrogens with one attached hydrogen (secondary N) is 1. The van der Waals surface area contributed by atoms with Crippen molar-refractivity contribution in [2.24, 2.45) is 0 Å². The Morgan fingerprint density at radius 3 is 2.28 bits per heavy atom. The number of hydrogen-bond donors (Lipinski definition) is 1. The molecule has 1 unspecified atom stereocenters. The summed E-state index contributed by atoms with van der Waals surface area (Å²) in [5.41, 5.74) is 1.28. The van der Waals surface area contributed by atoms with Crippen molar-refractivity contribution in [3.8, 4) is 11.5 Å². The predicted octanol–water partition coefficient (Wildman–Crippen LogP) is 2.90. The van der Waals surface area contributed by atoms with Gasteiger partial charge in [0.05, 0.1) is 19.1 Å². The molecule has 8 nitrogen and oxygen atoms in total. The van der Waals surface area contributed by atoms with E-state index in [4.69, 9.17) is 9.47 Å². The van der Waals surface area contributed by atoms with Crippen LogP contribution in [0.15, 0.2) is 76.8 Å². The van der Waals surface area contributed by atoms with Crippen molar-refractivity contribution in [2.75, 3.05) is 20.8 Å². The first-order valence-corrected chi connectivity index (χ1v) is 12.6. The average molecular weight is 477 g/mol. The smallest absolute Gasteiger partial charge is 0.244 e. The molecule has 0 fully saturated rings. The van der Waals surface area contributed by atoms with Crippen LogP contribution in [0.3, 0.4) is 0 Å². The maximum Gasteiger partial charge on any atom is 0.244 e. The molecule has 10 heteroatoms. The van der Waals surface area contributed by atoms with Crippen LogP contribution in [0.4, 0.5) is 0 Å². The summed E-state index contributed by atoms with van der Waals surface area (Å²) >= 11 is 0. The van der Waals surface area contributed by atoms with Gasteiger partial charge in [0.15, 0.2) is 9.84 Å². The zero-order valence-corrected chi connectivity index (χ0v) is 19.5. The van der Waals surface area contributed by atoms with Crippen LogP contribution in [-0.2, 0) is 19.9 Å². The maximum absolute atomic E-state index is 13.4. The van der Waals surface area contributed by atoms with E-state index in [2.05, 4.69) is 9.71 Å². The van der Waals surface area contributed by atoms with E-state index in [0.717, 1.165) is 5.56 Å². The van der Waals surface area contributed by atoms with Gasteiger partial charge in [-0.1, -0.05) is 23.8 Å². The Bertz CT molecular complexity index is 1280. The monoisotopic (exact) mass is 476 g/mol. The summed E-state index contributed by atoms with van der Waals surface area (Å²) in [6, 6.07) is 13.9. The van der Waals surface area contributed by atoms with Crippen LogP contribution in [0.25, 0.3) is 0 Å². The van der Waals surface area contributed by atoms with Crippen molar-refractivity contribution < 1.29 is 26.3 Å². The molecule has 2 aromatic carbocycles. The van der Waals surface area contributed by atoms with Crippen LogP contribution in [-0.4, -0.2) is 42.6 Å². The van der Waals surface area contributed by atoms with Crippen LogP contribution >= 0.6 is 0 Å². The van der Waals surface area contributed by atoms with Gasteiger partial charge in [-0.15, -0.1) is 0 Å². The van der Waals surface area contributed by atoms with E-state index < -0.39 is 25.1 Å². The first-order valence-electron chi connectivity index (χ1n) is 9.61. The molecular formula is C22H24N2O6S2. The van der Waals surface area contributed by atoms with Crippen LogP contribution in [0.1, 0.15) is 16.4 Å². The molecule has 0 radical (unpaired) electrons. The Hall–Kier alpha value is -2.95. The topological polar surface area (TPSA) is 112 Å². The highest BCUT2D eigenvalue weighted by atomic mass is 32.2. The van der Waals surface area contributed by atoms with Gasteiger partial charge in [0.2, 0.25) is 10.0 Å². The zero-order valence-electron chi connectivity index (χ0n) is 17.8. The second-order valence-corrected chi connectivity index (χ2v) is 10.9. The number of sulfonamides is 1. The fourth-order valence-corrected chi connectivity index (χ4v) is 6.07. The van der Waals surface area contributed by atoms with Crippen molar-refractivity contribution in [2.45, 2.75) is 22.0 Å². The summed E-state index contributed by atoms with van der Waals surface area (Å²) in [5, 5.41) is -1.18. The Morgan fingerprint density at radius 2 is 1.69 bits per heavy atom. The molecule has 170 valence electrons. The van der Waals surface area contributed by atoms with Crippen molar-refractivity contribution in [3.63, 3.8) is 0 Å². The van der Waals surface area contributed by atoms with Gasteiger partial charge in [-0.05, 0) is 42.8 Å². The average Bonchev–Trinajstić information content (AvgIpc) is 2.79. The normalized spacial score (nSPS) is 12.8. The van der Waals surface area contributed by atoms with Gasteiger partial charge in [0.25, 0.3) is 0 Å². The highest BCUT2D eigenvalue weighted by molar-refractivity contribution is 7.92. The van der Waals surface area contributed by atoms with E-state index >= 15 is 0 Å². The van der Waals surface area contributed by atoms with Crippen LogP contribution in [0, 0.1) is 6.92 Å². The van der Waals surface area contributed by atoms with Crippen LogP contribution in [0.2, 0.25) is 0 Å². The number of ether oxygens (including phenoxy) is 2. The van der Waals surface area contributed by atoms with Crippen LogP contribution < -0.4 is 14.2 Å². The number of rotatable bonds is 9. The summed E-state index contributed by atoms with van der Waals surface area (Å²) in [6.07, 6.45) is 2.93. The van der Waals surface area contributed by atoms with E-state index in [9.17, 15) is 16.8 Å². The molecule has 1 heterocycles. The van der Waals surface area contributed by atoms with E-state index in [0.29, 0.717) is 11.3 Å². The number of nitrogens with zero attached hydrogens (tertiary/aromatic N) is 1. The summed E-state index contributed by atoms with van der Waals surface area (Å²) in [4.78, 5) is 3.97. The first kappa shape index (κ1) is 23.7. The Labute approximate surface area is 188 Å². The standard InChI is InChI=1S/C22H24N2O6S2/c1-16-6-9-19(10-7-16)31(25,26)22(17-5-4-12-23-14-17)15-24-32(27,28)21-11-8-18(29-2)13-20(21)30-3/h4-14,22,24H,15H2,1-3H3. The minimum absolute atomic E-state index is 0.0798. The molecule has 32 heavy (non-hydrogen) atoms. The van der Waals surface area contributed by atoms with E-state index in [1.165, 1.54) is 56.9 Å². The quantitative estimate of drug-likeness (QED) is 0.505. The van der Waals surface area contributed by atoms with Gasteiger partial charge < -0.3 is 9.47 Å². The van der Waals surface area contributed by atoms with Crippen molar-refractivity contribution in [3.05, 3.63) is 78.1 Å². The molecule has 3 rings (SSSR count). The summed E-state index contributed by atoms with van der Waals surface area (Å²) in [7, 11) is -5.22. The second kappa shape index (κ2) is 9.68. The lowest BCUT2D eigenvalue weighted by molar-refractivity contribution is 0.386. The predicted molar refractivity (Wildman–Crippen MR) is 120 cm³/mol. The van der Waals surface area contributed by atoms with E-state index in [1.54, 1.807) is 24.3 Å². The molecule has 0 aliphatic rings. The minimum atomic E-state index is -4.10. The molecule has 1 aromatic heterocycles.